The van der Waals surface area contributed by atoms with Gasteiger partial charge < -0.3 is 29.1 Å². The number of pyridine rings is 1. The molecule has 1 aliphatic heterocycles. The number of carbonyl (C=O) groups is 2. The lowest BCUT2D eigenvalue weighted by Gasteiger charge is -2.39. The maximum atomic E-state index is 13.9. The summed E-state index contributed by atoms with van der Waals surface area (Å²) >= 11 is 8.92. The summed E-state index contributed by atoms with van der Waals surface area (Å²) in [6.45, 7) is 7.77. The number of aromatic nitrogens is 1. The van der Waals surface area contributed by atoms with E-state index >= 15 is 0 Å². The molecule has 9 nitrogen and oxygen atoms in total. The Bertz CT molecular complexity index is 1770. The number of anilines is 2. The molecule has 2 aromatic heterocycles. The quantitative estimate of drug-likeness (QED) is 0.159. The maximum absolute atomic E-state index is 13.9. The van der Waals surface area contributed by atoms with Crippen LogP contribution in [0.25, 0.3) is 11.3 Å². The summed E-state index contributed by atoms with van der Waals surface area (Å²) in [5, 5.41) is 3.35. The Morgan fingerprint density at radius 3 is 2.45 bits per heavy atom. The summed E-state index contributed by atoms with van der Waals surface area (Å²) in [5.74, 6) is -1.12. The van der Waals surface area contributed by atoms with Gasteiger partial charge in [-0.3, -0.25) is 4.79 Å². The van der Waals surface area contributed by atoms with Crippen molar-refractivity contribution in [2.24, 2.45) is 0 Å². The highest BCUT2D eigenvalue weighted by atomic mass is 35.5. The number of carbonyl (C=O) groups excluding carboxylic acids is 2. The van der Waals surface area contributed by atoms with E-state index in [1.54, 1.807) is 56.0 Å². The summed E-state index contributed by atoms with van der Waals surface area (Å²) < 4.78 is 48.4. The molecule has 0 bridgehead atoms. The average molecular weight is 703 g/mol. The minimum absolute atomic E-state index is 0.152. The summed E-state index contributed by atoms with van der Waals surface area (Å²) in [6.07, 6.45) is 2.70. The van der Waals surface area contributed by atoms with Crippen LogP contribution < -0.4 is 19.5 Å². The van der Waals surface area contributed by atoms with Crippen LogP contribution in [0, 0.1) is 18.6 Å². The van der Waals surface area contributed by atoms with E-state index in [4.69, 9.17) is 25.8 Å². The molecule has 0 unspecified atom stereocenters. The van der Waals surface area contributed by atoms with Crippen molar-refractivity contribution in [2.45, 2.75) is 46.0 Å². The Morgan fingerprint density at radius 2 is 1.77 bits per heavy atom. The van der Waals surface area contributed by atoms with Gasteiger partial charge >= 0.3 is 6.09 Å². The molecule has 5 rings (SSSR count). The van der Waals surface area contributed by atoms with E-state index in [0.29, 0.717) is 45.7 Å². The lowest BCUT2D eigenvalue weighted by Crippen LogP contribution is -2.57. The molecule has 3 heterocycles. The van der Waals surface area contributed by atoms with Crippen molar-refractivity contribution >= 4 is 58.3 Å². The van der Waals surface area contributed by atoms with Gasteiger partial charge in [-0.05, 0) is 69.7 Å². The second-order valence-corrected chi connectivity index (χ2v) is 14.1. The summed E-state index contributed by atoms with van der Waals surface area (Å²) in [6, 6.07) is 11.7. The minimum Gasteiger partial charge on any atom is -0.486 e. The van der Waals surface area contributed by atoms with Crippen molar-refractivity contribution in [3.8, 4) is 22.8 Å². The van der Waals surface area contributed by atoms with Crippen LogP contribution in [0.2, 0.25) is 5.02 Å². The topological polar surface area (TPSA) is 102 Å². The maximum Gasteiger partial charge on any atom is 0.410 e. The number of ether oxygens (including phenoxy) is 3. The van der Waals surface area contributed by atoms with Crippen LogP contribution in [0.4, 0.5) is 25.0 Å². The van der Waals surface area contributed by atoms with Crippen molar-refractivity contribution in [3.05, 3.63) is 86.7 Å². The van der Waals surface area contributed by atoms with E-state index in [0.717, 1.165) is 16.6 Å². The molecule has 0 saturated carbocycles. The van der Waals surface area contributed by atoms with Crippen LogP contribution >= 0.6 is 34.9 Å². The van der Waals surface area contributed by atoms with Gasteiger partial charge in [0, 0.05) is 45.2 Å². The van der Waals surface area contributed by atoms with Crippen molar-refractivity contribution in [3.63, 3.8) is 0 Å². The first-order valence-electron chi connectivity index (χ1n) is 14.5. The van der Waals surface area contributed by atoms with Gasteiger partial charge in [-0.1, -0.05) is 23.5 Å². The molecule has 0 atom stereocenters. The van der Waals surface area contributed by atoms with E-state index in [1.807, 2.05) is 13.2 Å². The Labute approximate surface area is 284 Å². The molecule has 4 aromatic rings. The number of aryl methyl sites for hydroxylation is 1. The predicted octanol–water partition coefficient (Wildman–Crippen LogP) is 8.57. The highest BCUT2D eigenvalue weighted by Crippen LogP contribution is 2.38. The van der Waals surface area contributed by atoms with Crippen LogP contribution in [-0.4, -0.2) is 52.9 Å². The van der Waals surface area contributed by atoms with E-state index in [-0.39, 0.29) is 29.9 Å². The number of likely N-dealkylation sites (tertiary alicyclic amines) is 1. The fraction of sp³-hybridized carbons (Fsp3) is 0.303. The van der Waals surface area contributed by atoms with Gasteiger partial charge in [-0.2, -0.15) is 0 Å². The second kappa shape index (κ2) is 14.4. The molecule has 2 aromatic carbocycles. The van der Waals surface area contributed by atoms with Gasteiger partial charge in [0.05, 0.1) is 24.2 Å². The number of benzene rings is 2. The van der Waals surface area contributed by atoms with Crippen LogP contribution in [0.3, 0.4) is 0 Å². The van der Waals surface area contributed by atoms with Crippen LogP contribution in [0.5, 0.6) is 11.5 Å². The number of rotatable bonds is 10. The van der Waals surface area contributed by atoms with Gasteiger partial charge in [0.1, 0.15) is 47.1 Å². The lowest BCUT2D eigenvalue weighted by molar-refractivity contribution is -0.0222. The first-order valence-corrected chi connectivity index (χ1v) is 16.9. The third-order valence-corrected chi connectivity index (χ3v) is 8.43. The molecule has 0 aliphatic carbocycles. The molecule has 0 spiro atoms. The molecule has 47 heavy (non-hydrogen) atoms. The van der Waals surface area contributed by atoms with Gasteiger partial charge in [0.2, 0.25) is 0 Å². The number of hydrogen-bond donors (Lipinski definition) is 2. The largest absolute Gasteiger partial charge is 0.486 e. The van der Waals surface area contributed by atoms with E-state index in [2.05, 4.69) is 15.0 Å². The zero-order chi connectivity index (χ0) is 33.9. The molecule has 2 N–H and O–H groups in total. The minimum atomic E-state index is -0.723. The van der Waals surface area contributed by atoms with Crippen LogP contribution in [-0.2, 0) is 11.3 Å². The number of thiophene rings is 1. The zero-order valence-electron chi connectivity index (χ0n) is 26.3. The lowest BCUT2D eigenvalue weighted by atomic mass is 10.1. The molecular weight excluding hydrogens is 670 g/mol. The standard InChI is InChI=1S/C33H33ClF2N4O5S2/c1-18-27(13-29(47-18)31(41)38-23-8-20(34)9-24(11-23)39-46-5)30-28(43-17-19-6-21(35)10-22(36)7-19)12-25(14-37-30)44-26-15-40(16-26)32(42)45-33(2,3)4/h6-14,26,39H,15-17H2,1-5H3,(H,38,41). The highest BCUT2D eigenvalue weighted by Gasteiger charge is 2.35. The number of nitrogens with one attached hydrogen (secondary N) is 2. The molecule has 14 heteroatoms. The molecule has 0 radical (unpaired) electrons. The normalized spacial score (nSPS) is 13.1. The number of halogens is 3. The smallest absolute Gasteiger partial charge is 0.410 e. The number of amides is 2. The monoisotopic (exact) mass is 702 g/mol. The van der Waals surface area contributed by atoms with E-state index in [1.165, 1.54) is 41.6 Å². The average Bonchev–Trinajstić information content (AvgIpc) is 3.33. The molecular formula is C33H33ClF2N4O5S2. The fourth-order valence-electron chi connectivity index (χ4n) is 4.70. The first kappa shape index (κ1) is 34.3. The molecule has 1 fully saturated rings. The van der Waals surface area contributed by atoms with Crippen molar-refractivity contribution < 1.29 is 32.6 Å². The van der Waals surface area contributed by atoms with E-state index in [9.17, 15) is 18.4 Å². The fourth-order valence-corrected chi connectivity index (χ4v) is 6.20. The Morgan fingerprint density at radius 1 is 1.06 bits per heavy atom. The van der Waals surface area contributed by atoms with Crippen molar-refractivity contribution in [2.75, 3.05) is 29.4 Å². The van der Waals surface area contributed by atoms with Crippen molar-refractivity contribution in [1.82, 2.24) is 9.88 Å². The van der Waals surface area contributed by atoms with E-state index < -0.39 is 23.3 Å². The summed E-state index contributed by atoms with van der Waals surface area (Å²) in [4.78, 5) is 33.0. The highest BCUT2D eigenvalue weighted by molar-refractivity contribution is 7.99. The van der Waals surface area contributed by atoms with Crippen molar-refractivity contribution in [1.29, 1.82) is 0 Å². The zero-order valence-corrected chi connectivity index (χ0v) is 28.7. The second-order valence-electron chi connectivity index (χ2n) is 11.8. The Kier molecular flexibility index (Phi) is 10.5. The van der Waals surface area contributed by atoms with Gasteiger partial charge in [0.15, 0.2) is 0 Å². The molecule has 1 saturated heterocycles. The Balaban J connectivity index is 1.37. The van der Waals surface area contributed by atoms with Gasteiger partial charge in [-0.25, -0.2) is 18.6 Å². The molecule has 2 amide bonds. The van der Waals surface area contributed by atoms with Gasteiger partial charge in [0.25, 0.3) is 5.91 Å². The first-order chi connectivity index (χ1) is 22.3. The molecule has 1 aliphatic rings. The summed E-state index contributed by atoms with van der Waals surface area (Å²) in [7, 11) is 0. The third-order valence-electron chi connectivity index (χ3n) is 6.72. The number of hydrogen-bond acceptors (Lipinski definition) is 9. The van der Waals surface area contributed by atoms with Gasteiger partial charge in [-0.15, -0.1) is 11.3 Å². The van der Waals surface area contributed by atoms with Crippen LogP contribution in [0.1, 0.15) is 40.9 Å². The Hall–Kier alpha value is -4.07. The molecule has 248 valence electrons. The number of nitrogens with zero attached hydrogens (tertiary/aromatic N) is 2. The predicted molar refractivity (Wildman–Crippen MR) is 182 cm³/mol. The SMILES string of the molecule is CSNc1cc(Cl)cc(NC(=O)c2cc(-c3ncc(OC4CN(C(=O)OC(C)(C)C)C4)cc3OCc3cc(F)cc(F)c3)c(C)s2)c1. The third kappa shape index (κ3) is 9.05. The summed E-state index contributed by atoms with van der Waals surface area (Å²) in [5.41, 5.74) is 2.01. The van der Waals surface area contributed by atoms with Crippen LogP contribution in [0.15, 0.2) is 54.7 Å².